The van der Waals surface area contributed by atoms with Crippen LogP contribution >= 0.6 is 0 Å². The Labute approximate surface area is 147 Å². The summed E-state index contributed by atoms with van der Waals surface area (Å²) in [4.78, 5) is 11.5. The zero-order chi connectivity index (χ0) is 17.6. The Kier molecular flexibility index (Phi) is 5.14. The van der Waals surface area contributed by atoms with Crippen LogP contribution in [0.15, 0.2) is 72.8 Å². The molecule has 0 N–H and O–H groups in total. The highest BCUT2D eigenvalue weighted by Gasteiger charge is 2.09. The van der Waals surface area contributed by atoms with Crippen LogP contribution in [0.1, 0.15) is 22.8 Å². The number of hydrogen-bond donors (Lipinski definition) is 0. The van der Waals surface area contributed by atoms with Crippen molar-refractivity contribution in [3.63, 3.8) is 0 Å². The molecule has 3 rings (SSSR count). The Morgan fingerprint density at radius 2 is 1.64 bits per heavy atom. The number of methoxy groups -OCH3 is 1. The summed E-state index contributed by atoms with van der Waals surface area (Å²) in [7, 11) is 1.61. The van der Waals surface area contributed by atoms with Crippen molar-refractivity contribution < 1.29 is 14.3 Å². The number of Topliss-reactive ketones (excluding diaryl/α,β-unsaturated/α-hetero) is 1. The quantitative estimate of drug-likeness (QED) is 0.586. The Bertz CT molecular complexity index is 852. The molecule has 0 saturated heterocycles. The number of carbonyl (C=O) groups is 1. The van der Waals surface area contributed by atoms with E-state index in [-0.39, 0.29) is 5.78 Å². The topological polar surface area (TPSA) is 35.5 Å². The summed E-state index contributed by atoms with van der Waals surface area (Å²) in [6, 6.07) is 23.4. The Balaban J connectivity index is 1.77. The predicted octanol–water partition coefficient (Wildman–Crippen LogP) is 5.14. The average molecular weight is 332 g/mol. The van der Waals surface area contributed by atoms with Crippen molar-refractivity contribution >= 4 is 5.78 Å². The lowest BCUT2D eigenvalue weighted by atomic mass is 10.0. The third-order valence-corrected chi connectivity index (χ3v) is 4.02. The van der Waals surface area contributed by atoms with Gasteiger partial charge in [0.1, 0.15) is 18.1 Å². The third kappa shape index (κ3) is 4.07. The Hall–Kier alpha value is -3.07. The standard InChI is InChI=1S/C22H20O3/c1-16(23)19-10-13-21(22(14-19)24-2)18-8-11-20(12-9-18)25-15-17-6-4-3-5-7-17/h3-14H,15H2,1-2H3. The molecule has 0 aliphatic heterocycles. The average Bonchev–Trinajstić information content (AvgIpc) is 2.67. The summed E-state index contributed by atoms with van der Waals surface area (Å²) in [6.07, 6.45) is 0. The van der Waals surface area contributed by atoms with E-state index in [1.165, 1.54) is 0 Å². The van der Waals surface area contributed by atoms with Gasteiger partial charge in [-0.15, -0.1) is 0 Å². The largest absolute Gasteiger partial charge is 0.496 e. The lowest BCUT2D eigenvalue weighted by Crippen LogP contribution is -1.96. The molecule has 25 heavy (non-hydrogen) atoms. The molecule has 0 aromatic heterocycles. The fourth-order valence-corrected chi connectivity index (χ4v) is 2.62. The van der Waals surface area contributed by atoms with Crippen LogP contribution in [0.3, 0.4) is 0 Å². The lowest BCUT2D eigenvalue weighted by Gasteiger charge is -2.11. The van der Waals surface area contributed by atoms with Crippen molar-refractivity contribution in [1.82, 2.24) is 0 Å². The van der Waals surface area contributed by atoms with Gasteiger partial charge < -0.3 is 9.47 Å². The number of ketones is 1. The maximum Gasteiger partial charge on any atom is 0.159 e. The molecule has 3 aromatic rings. The second-order valence-corrected chi connectivity index (χ2v) is 5.77. The van der Waals surface area contributed by atoms with Gasteiger partial charge in [0.15, 0.2) is 5.78 Å². The summed E-state index contributed by atoms with van der Waals surface area (Å²) in [6.45, 7) is 2.09. The Morgan fingerprint density at radius 1 is 0.920 bits per heavy atom. The maximum absolute atomic E-state index is 11.5. The molecule has 0 atom stereocenters. The van der Waals surface area contributed by atoms with E-state index in [0.717, 1.165) is 22.4 Å². The van der Waals surface area contributed by atoms with E-state index in [0.29, 0.717) is 17.9 Å². The van der Waals surface area contributed by atoms with E-state index in [1.54, 1.807) is 20.1 Å². The molecule has 0 aliphatic rings. The minimum atomic E-state index is 0.0227. The summed E-state index contributed by atoms with van der Waals surface area (Å²) in [5.74, 6) is 1.52. The van der Waals surface area contributed by atoms with Gasteiger partial charge >= 0.3 is 0 Å². The molecule has 0 fully saturated rings. The predicted molar refractivity (Wildman–Crippen MR) is 99.2 cm³/mol. The van der Waals surface area contributed by atoms with Gasteiger partial charge in [-0.1, -0.05) is 48.5 Å². The first-order valence-corrected chi connectivity index (χ1v) is 8.13. The van der Waals surface area contributed by atoms with Gasteiger partial charge in [0.2, 0.25) is 0 Å². The van der Waals surface area contributed by atoms with E-state index < -0.39 is 0 Å². The molecule has 126 valence electrons. The molecule has 0 unspecified atom stereocenters. The minimum Gasteiger partial charge on any atom is -0.496 e. The van der Waals surface area contributed by atoms with Crippen LogP contribution in [0.25, 0.3) is 11.1 Å². The van der Waals surface area contributed by atoms with Crippen LogP contribution in [0.4, 0.5) is 0 Å². The molecule has 0 saturated carbocycles. The van der Waals surface area contributed by atoms with Gasteiger partial charge in [0, 0.05) is 11.1 Å². The lowest BCUT2D eigenvalue weighted by molar-refractivity contribution is 0.101. The van der Waals surface area contributed by atoms with E-state index in [4.69, 9.17) is 9.47 Å². The zero-order valence-electron chi connectivity index (χ0n) is 14.4. The van der Waals surface area contributed by atoms with Crippen LogP contribution in [-0.2, 0) is 6.61 Å². The first kappa shape index (κ1) is 16.8. The molecule has 0 radical (unpaired) electrons. The molecular formula is C22H20O3. The highest BCUT2D eigenvalue weighted by atomic mass is 16.5. The molecule has 3 nitrogen and oxygen atoms in total. The molecule has 0 amide bonds. The summed E-state index contributed by atoms with van der Waals surface area (Å²) >= 11 is 0. The molecular weight excluding hydrogens is 312 g/mol. The van der Waals surface area contributed by atoms with E-state index in [2.05, 4.69) is 0 Å². The number of hydrogen-bond acceptors (Lipinski definition) is 3. The minimum absolute atomic E-state index is 0.0227. The summed E-state index contributed by atoms with van der Waals surface area (Å²) < 4.78 is 11.3. The van der Waals surface area contributed by atoms with Gasteiger partial charge in [-0.25, -0.2) is 0 Å². The number of rotatable bonds is 6. The monoisotopic (exact) mass is 332 g/mol. The third-order valence-electron chi connectivity index (χ3n) is 4.02. The van der Waals surface area contributed by atoms with E-state index in [1.807, 2.05) is 66.7 Å². The second-order valence-electron chi connectivity index (χ2n) is 5.77. The van der Waals surface area contributed by atoms with E-state index in [9.17, 15) is 4.79 Å². The molecule has 3 heteroatoms. The summed E-state index contributed by atoms with van der Waals surface area (Å²) in [5.41, 5.74) is 3.73. The van der Waals surface area contributed by atoms with Gasteiger partial charge in [0.25, 0.3) is 0 Å². The van der Waals surface area contributed by atoms with Crippen LogP contribution in [0, 0.1) is 0 Å². The first-order valence-electron chi connectivity index (χ1n) is 8.13. The van der Waals surface area contributed by atoms with Crippen molar-refractivity contribution in [2.45, 2.75) is 13.5 Å². The van der Waals surface area contributed by atoms with Gasteiger partial charge in [-0.2, -0.15) is 0 Å². The van der Waals surface area contributed by atoms with Gasteiger partial charge in [-0.05, 0) is 42.3 Å². The Morgan fingerprint density at radius 3 is 2.28 bits per heavy atom. The SMILES string of the molecule is COc1cc(C(C)=O)ccc1-c1ccc(OCc2ccccc2)cc1. The molecule has 0 bridgehead atoms. The normalized spacial score (nSPS) is 10.3. The maximum atomic E-state index is 11.5. The van der Waals surface area contributed by atoms with Crippen LogP contribution < -0.4 is 9.47 Å². The smallest absolute Gasteiger partial charge is 0.159 e. The highest BCUT2D eigenvalue weighted by molar-refractivity contribution is 5.95. The van der Waals surface area contributed by atoms with Crippen LogP contribution in [-0.4, -0.2) is 12.9 Å². The van der Waals surface area contributed by atoms with E-state index >= 15 is 0 Å². The van der Waals surface area contributed by atoms with Crippen molar-refractivity contribution in [2.24, 2.45) is 0 Å². The van der Waals surface area contributed by atoms with Gasteiger partial charge in [0.05, 0.1) is 7.11 Å². The molecule has 3 aromatic carbocycles. The fourth-order valence-electron chi connectivity index (χ4n) is 2.62. The molecule has 0 heterocycles. The van der Waals surface area contributed by atoms with Crippen LogP contribution in [0.2, 0.25) is 0 Å². The van der Waals surface area contributed by atoms with Crippen LogP contribution in [0.5, 0.6) is 11.5 Å². The first-order chi connectivity index (χ1) is 12.2. The summed E-state index contributed by atoms with van der Waals surface area (Å²) in [5, 5.41) is 0. The number of carbonyl (C=O) groups excluding carboxylic acids is 1. The fraction of sp³-hybridized carbons (Fsp3) is 0.136. The van der Waals surface area contributed by atoms with Gasteiger partial charge in [-0.3, -0.25) is 4.79 Å². The van der Waals surface area contributed by atoms with Crippen molar-refractivity contribution in [2.75, 3.05) is 7.11 Å². The highest BCUT2D eigenvalue weighted by Crippen LogP contribution is 2.32. The second kappa shape index (κ2) is 7.67. The molecule has 0 spiro atoms. The van der Waals surface area contributed by atoms with Crippen molar-refractivity contribution in [3.8, 4) is 22.6 Å². The molecule has 0 aliphatic carbocycles. The zero-order valence-corrected chi connectivity index (χ0v) is 14.4. The van der Waals surface area contributed by atoms with Crippen molar-refractivity contribution in [3.05, 3.63) is 83.9 Å². The number of ether oxygens (including phenoxy) is 2. The number of benzene rings is 3. The van der Waals surface area contributed by atoms with Crippen molar-refractivity contribution in [1.29, 1.82) is 0 Å².